The molecular weight excluding hydrogens is 423 g/mol. The first-order valence-corrected chi connectivity index (χ1v) is 8.77. The molecule has 0 aliphatic heterocycles. The Labute approximate surface area is 173 Å². The van der Waals surface area contributed by atoms with Gasteiger partial charge in [-0.1, -0.05) is 11.6 Å². The molecule has 0 radical (unpaired) electrons. The Bertz CT molecular complexity index is 1210. The van der Waals surface area contributed by atoms with Crippen LogP contribution in [-0.4, -0.2) is 16.7 Å². The molecule has 30 heavy (non-hydrogen) atoms. The first kappa shape index (κ1) is 21.2. The van der Waals surface area contributed by atoms with E-state index in [0.29, 0.717) is 11.5 Å². The van der Waals surface area contributed by atoms with Crippen LogP contribution in [0.1, 0.15) is 17.9 Å². The number of aryl methyl sites for hydroxylation is 1. The highest BCUT2D eigenvalue weighted by Gasteiger charge is 2.23. The summed E-state index contributed by atoms with van der Waals surface area (Å²) in [7, 11) is 1.50. The molecule has 0 fully saturated rings. The molecule has 0 unspecified atom stereocenters. The molecular formula is C20H13ClF3N3O3. The van der Waals surface area contributed by atoms with Crippen LogP contribution in [-0.2, 0) is 0 Å². The van der Waals surface area contributed by atoms with E-state index in [1.165, 1.54) is 14.0 Å². The van der Waals surface area contributed by atoms with Crippen LogP contribution < -0.4 is 15.0 Å². The Balaban J connectivity index is 2.14. The molecule has 0 saturated heterocycles. The highest BCUT2D eigenvalue weighted by Crippen LogP contribution is 2.35. The highest BCUT2D eigenvalue weighted by atomic mass is 35.5. The van der Waals surface area contributed by atoms with E-state index in [9.17, 15) is 23.2 Å². The summed E-state index contributed by atoms with van der Waals surface area (Å²) in [6.07, 6.45) is 0. The summed E-state index contributed by atoms with van der Waals surface area (Å²) < 4.78 is 51.6. The summed E-state index contributed by atoms with van der Waals surface area (Å²) in [4.78, 5) is 16.1. The summed E-state index contributed by atoms with van der Waals surface area (Å²) in [5.74, 6) is -0.401. The molecule has 0 amide bonds. The van der Waals surface area contributed by atoms with Gasteiger partial charge in [-0.05, 0) is 43.3 Å². The monoisotopic (exact) mass is 435 g/mol. The van der Waals surface area contributed by atoms with Crippen molar-refractivity contribution in [3.8, 4) is 34.6 Å². The second kappa shape index (κ2) is 8.47. The van der Waals surface area contributed by atoms with Crippen molar-refractivity contribution in [2.45, 2.75) is 13.5 Å². The first-order chi connectivity index (χ1) is 14.3. The van der Waals surface area contributed by atoms with Crippen LogP contribution in [0.4, 0.5) is 13.2 Å². The van der Waals surface area contributed by atoms with Crippen molar-refractivity contribution in [1.82, 2.24) is 9.55 Å². The minimum atomic E-state index is -3.16. The number of halogens is 4. The number of aromatic nitrogens is 2. The van der Waals surface area contributed by atoms with E-state index >= 15 is 0 Å². The number of benzene rings is 2. The third-order valence-corrected chi connectivity index (χ3v) is 4.50. The van der Waals surface area contributed by atoms with Crippen LogP contribution in [0.25, 0.3) is 11.3 Å². The van der Waals surface area contributed by atoms with Gasteiger partial charge < -0.3 is 9.47 Å². The molecule has 0 saturated carbocycles. The van der Waals surface area contributed by atoms with Crippen molar-refractivity contribution in [2.75, 3.05) is 7.11 Å². The van der Waals surface area contributed by atoms with Gasteiger partial charge in [-0.15, -0.1) is 0 Å². The number of ether oxygens (including phenoxy) is 2. The number of methoxy groups -OCH3 is 1. The van der Waals surface area contributed by atoms with Crippen LogP contribution in [0.15, 0.2) is 41.2 Å². The number of hydrogen-bond donors (Lipinski definition) is 0. The minimum absolute atomic E-state index is 0.0346. The Morgan fingerprint density at radius 3 is 2.40 bits per heavy atom. The maximum absolute atomic E-state index is 14.7. The van der Waals surface area contributed by atoms with Gasteiger partial charge >= 0.3 is 6.55 Å². The maximum Gasteiger partial charge on any atom is 0.322 e. The molecule has 10 heteroatoms. The predicted molar refractivity (Wildman–Crippen MR) is 103 cm³/mol. The van der Waals surface area contributed by atoms with E-state index in [0.717, 1.165) is 12.1 Å². The fourth-order valence-corrected chi connectivity index (χ4v) is 2.94. The lowest BCUT2D eigenvalue weighted by atomic mass is 10.1. The van der Waals surface area contributed by atoms with Crippen molar-refractivity contribution >= 4 is 11.6 Å². The second-order valence-electron chi connectivity index (χ2n) is 5.99. The molecule has 0 aliphatic carbocycles. The van der Waals surface area contributed by atoms with Gasteiger partial charge in [0.15, 0.2) is 0 Å². The number of rotatable bonds is 5. The molecule has 154 valence electrons. The van der Waals surface area contributed by atoms with Gasteiger partial charge in [0.1, 0.15) is 40.0 Å². The van der Waals surface area contributed by atoms with Crippen LogP contribution in [0, 0.1) is 24.1 Å². The van der Waals surface area contributed by atoms with Crippen LogP contribution >= 0.6 is 11.6 Å². The summed E-state index contributed by atoms with van der Waals surface area (Å²) in [5, 5.41) is 8.63. The predicted octanol–water partition coefficient (Wildman–Crippen LogP) is 5.08. The average molecular weight is 436 g/mol. The summed E-state index contributed by atoms with van der Waals surface area (Å²) in [5.41, 5.74) is -1.95. The summed E-state index contributed by atoms with van der Waals surface area (Å²) >= 11 is 5.92. The zero-order valence-electron chi connectivity index (χ0n) is 15.6. The lowest BCUT2D eigenvalue weighted by Crippen LogP contribution is -2.25. The molecule has 1 aromatic heterocycles. The van der Waals surface area contributed by atoms with E-state index in [1.807, 2.05) is 6.07 Å². The van der Waals surface area contributed by atoms with E-state index in [4.69, 9.17) is 21.1 Å². The van der Waals surface area contributed by atoms with Gasteiger partial charge in [0.05, 0.1) is 18.4 Å². The van der Waals surface area contributed by atoms with Crippen LogP contribution in [0.5, 0.6) is 17.2 Å². The molecule has 0 aliphatic rings. The molecule has 0 spiro atoms. The SMILES string of the molecule is COc1ccc(Oc2cc(-c3nc(C)n(C(F)F)c(=O)c3Cl)c(F)cc2C#N)cc1. The summed E-state index contributed by atoms with van der Waals surface area (Å²) in [6, 6.07) is 10.2. The largest absolute Gasteiger partial charge is 0.497 e. The van der Waals surface area contributed by atoms with Crippen molar-refractivity contribution in [1.29, 1.82) is 5.26 Å². The maximum atomic E-state index is 14.7. The van der Waals surface area contributed by atoms with Crippen molar-refractivity contribution < 1.29 is 22.6 Å². The average Bonchev–Trinajstić information content (AvgIpc) is 2.72. The van der Waals surface area contributed by atoms with Crippen LogP contribution in [0.3, 0.4) is 0 Å². The zero-order valence-corrected chi connectivity index (χ0v) is 16.4. The minimum Gasteiger partial charge on any atom is -0.497 e. The third-order valence-electron chi connectivity index (χ3n) is 4.16. The second-order valence-corrected chi connectivity index (χ2v) is 6.37. The van der Waals surface area contributed by atoms with Gasteiger partial charge in [0.2, 0.25) is 0 Å². The lowest BCUT2D eigenvalue weighted by Gasteiger charge is -2.14. The zero-order chi connectivity index (χ0) is 22.0. The standard InChI is InChI=1S/C20H13ClF3N3O3/c1-10-26-18(17(21)19(28)27(10)20(23)24)14-8-16(11(9-25)7-15(14)22)30-13-5-3-12(29-2)4-6-13/h3-8,20H,1-2H3. The fourth-order valence-electron chi connectivity index (χ4n) is 2.70. The lowest BCUT2D eigenvalue weighted by molar-refractivity contribution is 0.0628. The number of hydrogen-bond acceptors (Lipinski definition) is 5. The van der Waals surface area contributed by atoms with Gasteiger partial charge in [-0.25, -0.2) is 13.9 Å². The van der Waals surface area contributed by atoms with Gasteiger partial charge in [0, 0.05) is 5.56 Å². The van der Waals surface area contributed by atoms with Crippen molar-refractivity contribution in [3.05, 3.63) is 69.0 Å². The van der Waals surface area contributed by atoms with Gasteiger partial charge in [-0.2, -0.15) is 14.0 Å². The molecule has 2 aromatic carbocycles. The molecule has 0 bridgehead atoms. The normalized spacial score (nSPS) is 10.7. The molecule has 0 atom stereocenters. The van der Waals surface area contributed by atoms with E-state index in [-0.39, 0.29) is 33.0 Å². The van der Waals surface area contributed by atoms with Crippen molar-refractivity contribution in [3.63, 3.8) is 0 Å². The molecule has 0 N–H and O–H groups in total. The number of nitriles is 1. The highest BCUT2D eigenvalue weighted by molar-refractivity contribution is 6.32. The molecule has 6 nitrogen and oxygen atoms in total. The number of nitrogens with zero attached hydrogens (tertiary/aromatic N) is 3. The Kier molecular flexibility index (Phi) is 5.99. The molecule has 3 aromatic rings. The quantitative estimate of drug-likeness (QED) is 0.558. The summed E-state index contributed by atoms with van der Waals surface area (Å²) in [6.45, 7) is -1.99. The van der Waals surface area contributed by atoms with Crippen LogP contribution in [0.2, 0.25) is 5.02 Å². The Morgan fingerprint density at radius 2 is 1.83 bits per heavy atom. The Hall–Kier alpha value is -3.51. The van der Waals surface area contributed by atoms with E-state index in [1.54, 1.807) is 24.3 Å². The smallest absolute Gasteiger partial charge is 0.322 e. The fraction of sp³-hybridized carbons (Fsp3) is 0.150. The van der Waals surface area contributed by atoms with Gasteiger partial charge in [0.25, 0.3) is 5.56 Å². The third kappa shape index (κ3) is 3.95. The topological polar surface area (TPSA) is 77.1 Å². The Morgan fingerprint density at radius 1 is 1.20 bits per heavy atom. The van der Waals surface area contributed by atoms with Gasteiger partial charge in [-0.3, -0.25) is 4.79 Å². The van der Waals surface area contributed by atoms with Crippen molar-refractivity contribution in [2.24, 2.45) is 0 Å². The molecule has 1 heterocycles. The first-order valence-electron chi connectivity index (χ1n) is 8.39. The molecule has 3 rings (SSSR count). The van der Waals surface area contributed by atoms with E-state index < -0.39 is 22.9 Å². The van der Waals surface area contributed by atoms with E-state index in [2.05, 4.69) is 4.98 Å². The number of alkyl halides is 2.